The van der Waals surface area contributed by atoms with Crippen molar-refractivity contribution in [3.05, 3.63) is 29.8 Å². The quantitative estimate of drug-likeness (QED) is 0.868. The Balaban J connectivity index is 1.73. The van der Waals surface area contributed by atoms with E-state index in [0.29, 0.717) is 32.5 Å². The molecule has 0 aliphatic carbocycles. The number of carbonyl (C=O) groups is 2. The van der Waals surface area contributed by atoms with Gasteiger partial charge in [-0.25, -0.2) is 4.79 Å². The average molecular weight is 306 g/mol. The zero-order chi connectivity index (χ0) is 15.9. The van der Waals surface area contributed by atoms with Gasteiger partial charge in [0.15, 0.2) is 0 Å². The molecule has 0 aromatic heterocycles. The molecule has 0 spiro atoms. The molecule has 2 rings (SSSR count). The lowest BCUT2D eigenvalue weighted by molar-refractivity contribution is -0.143. The van der Waals surface area contributed by atoms with Crippen LogP contribution in [0, 0.1) is 5.92 Å². The summed E-state index contributed by atoms with van der Waals surface area (Å²) < 4.78 is 5.16. The average Bonchev–Trinajstić information content (AvgIpc) is 2.55. The standard InChI is InChI=1S/C16H22N2O4/c1-22-14-4-2-3-12(11-14)5-8-17-16(21)18-9-6-13(7-10-18)15(19)20/h2-4,11,13H,5-10H2,1H3,(H,17,21)(H,19,20). The molecule has 22 heavy (non-hydrogen) atoms. The predicted molar refractivity (Wildman–Crippen MR) is 82.0 cm³/mol. The number of benzene rings is 1. The molecule has 2 N–H and O–H groups in total. The smallest absolute Gasteiger partial charge is 0.317 e. The van der Waals surface area contributed by atoms with E-state index in [1.807, 2.05) is 24.3 Å². The Kier molecular flexibility index (Phi) is 5.63. The number of rotatable bonds is 5. The van der Waals surface area contributed by atoms with E-state index in [0.717, 1.165) is 17.7 Å². The van der Waals surface area contributed by atoms with Crippen LogP contribution in [0.2, 0.25) is 0 Å². The zero-order valence-electron chi connectivity index (χ0n) is 12.7. The number of piperidine rings is 1. The Hall–Kier alpha value is -2.24. The number of hydrogen-bond donors (Lipinski definition) is 2. The minimum Gasteiger partial charge on any atom is -0.497 e. The maximum absolute atomic E-state index is 12.0. The largest absolute Gasteiger partial charge is 0.497 e. The first-order valence-electron chi connectivity index (χ1n) is 7.48. The number of aliphatic carboxylic acids is 1. The maximum Gasteiger partial charge on any atom is 0.317 e. The van der Waals surface area contributed by atoms with Crippen LogP contribution in [0.4, 0.5) is 4.79 Å². The van der Waals surface area contributed by atoms with Crippen molar-refractivity contribution in [2.45, 2.75) is 19.3 Å². The van der Waals surface area contributed by atoms with Gasteiger partial charge in [-0.2, -0.15) is 0 Å². The van der Waals surface area contributed by atoms with E-state index in [1.165, 1.54) is 0 Å². The van der Waals surface area contributed by atoms with Crippen molar-refractivity contribution in [3.63, 3.8) is 0 Å². The van der Waals surface area contributed by atoms with E-state index in [9.17, 15) is 9.59 Å². The van der Waals surface area contributed by atoms with Gasteiger partial charge < -0.3 is 20.1 Å². The van der Waals surface area contributed by atoms with Gasteiger partial charge in [0, 0.05) is 19.6 Å². The number of ether oxygens (including phenoxy) is 1. The summed E-state index contributed by atoms with van der Waals surface area (Å²) in [7, 11) is 1.63. The Labute approximate surface area is 130 Å². The van der Waals surface area contributed by atoms with Gasteiger partial charge in [0.05, 0.1) is 13.0 Å². The summed E-state index contributed by atoms with van der Waals surface area (Å²) in [6.45, 7) is 1.55. The maximum atomic E-state index is 12.0. The van der Waals surface area contributed by atoms with E-state index >= 15 is 0 Å². The number of amides is 2. The van der Waals surface area contributed by atoms with Crippen LogP contribution in [-0.2, 0) is 11.2 Å². The minimum atomic E-state index is -0.766. The van der Waals surface area contributed by atoms with Crippen molar-refractivity contribution in [3.8, 4) is 5.75 Å². The predicted octanol–water partition coefficient (Wildman–Crippen LogP) is 1.74. The van der Waals surface area contributed by atoms with Gasteiger partial charge in [-0.05, 0) is 37.0 Å². The van der Waals surface area contributed by atoms with Crippen molar-refractivity contribution in [2.24, 2.45) is 5.92 Å². The number of urea groups is 1. The summed E-state index contributed by atoms with van der Waals surface area (Å²) in [4.78, 5) is 24.6. The highest BCUT2D eigenvalue weighted by atomic mass is 16.5. The molecule has 1 heterocycles. The summed E-state index contributed by atoms with van der Waals surface area (Å²) in [5.74, 6) is -0.279. The van der Waals surface area contributed by atoms with Crippen LogP contribution in [0.1, 0.15) is 18.4 Å². The molecular formula is C16H22N2O4. The number of carboxylic acids is 1. The Morgan fingerprint density at radius 1 is 1.36 bits per heavy atom. The van der Waals surface area contributed by atoms with E-state index in [1.54, 1.807) is 12.0 Å². The lowest BCUT2D eigenvalue weighted by Gasteiger charge is -2.30. The second-order valence-electron chi connectivity index (χ2n) is 5.43. The Morgan fingerprint density at radius 2 is 2.09 bits per heavy atom. The number of nitrogens with one attached hydrogen (secondary N) is 1. The van der Waals surface area contributed by atoms with Crippen molar-refractivity contribution in [1.82, 2.24) is 10.2 Å². The summed E-state index contributed by atoms with van der Waals surface area (Å²) in [5.41, 5.74) is 1.10. The van der Waals surface area contributed by atoms with Crippen molar-refractivity contribution < 1.29 is 19.4 Å². The molecule has 0 unspecified atom stereocenters. The van der Waals surface area contributed by atoms with Crippen LogP contribution in [0.25, 0.3) is 0 Å². The summed E-state index contributed by atoms with van der Waals surface area (Å²) in [6, 6.07) is 7.63. The number of carboxylic acid groups (broad SMARTS) is 1. The number of methoxy groups -OCH3 is 1. The Bertz CT molecular complexity index is 525. The molecule has 120 valence electrons. The molecule has 2 amide bonds. The van der Waals surface area contributed by atoms with Gasteiger partial charge in [-0.3, -0.25) is 4.79 Å². The molecule has 1 aromatic carbocycles. The van der Waals surface area contributed by atoms with Crippen molar-refractivity contribution in [2.75, 3.05) is 26.7 Å². The van der Waals surface area contributed by atoms with E-state index < -0.39 is 5.97 Å². The molecule has 1 aromatic rings. The molecular weight excluding hydrogens is 284 g/mol. The fourth-order valence-corrected chi connectivity index (χ4v) is 2.58. The van der Waals surface area contributed by atoms with Crippen LogP contribution in [0.15, 0.2) is 24.3 Å². The van der Waals surface area contributed by atoms with Crippen LogP contribution >= 0.6 is 0 Å². The third kappa shape index (κ3) is 4.38. The van der Waals surface area contributed by atoms with Crippen molar-refractivity contribution >= 4 is 12.0 Å². The van der Waals surface area contributed by atoms with Gasteiger partial charge in [0.25, 0.3) is 0 Å². The lowest BCUT2D eigenvalue weighted by Crippen LogP contribution is -2.45. The third-order valence-corrected chi connectivity index (χ3v) is 3.96. The second-order valence-corrected chi connectivity index (χ2v) is 5.43. The van der Waals surface area contributed by atoms with Crippen molar-refractivity contribution in [1.29, 1.82) is 0 Å². The molecule has 1 fully saturated rings. The van der Waals surface area contributed by atoms with Crippen LogP contribution in [-0.4, -0.2) is 48.8 Å². The fourth-order valence-electron chi connectivity index (χ4n) is 2.58. The molecule has 1 saturated heterocycles. The minimum absolute atomic E-state index is 0.119. The lowest BCUT2D eigenvalue weighted by atomic mass is 9.97. The van der Waals surface area contributed by atoms with Gasteiger partial charge in [0.1, 0.15) is 5.75 Å². The summed E-state index contributed by atoms with van der Waals surface area (Å²) in [6.07, 6.45) is 1.78. The number of likely N-dealkylation sites (tertiary alicyclic amines) is 1. The highest BCUT2D eigenvalue weighted by Gasteiger charge is 2.26. The van der Waals surface area contributed by atoms with Crippen LogP contribution < -0.4 is 10.1 Å². The molecule has 1 aliphatic heterocycles. The van der Waals surface area contributed by atoms with Gasteiger partial charge in [-0.15, -0.1) is 0 Å². The number of carbonyl (C=O) groups excluding carboxylic acids is 1. The zero-order valence-corrected chi connectivity index (χ0v) is 12.7. The molecule has 0 saturated carbocycles. The highest BCUT2D eigenvalue weighted by molar-refractivity contribution is 5.75. The molecule has 6 nitrogen and oxygen atoms in total. The first kappa shape index (κ1) is 16.1. The first-order chi connectivity index (χ1) is 10.6. The second kappa shape index (κ2) is 7.68. The van der Waals surface area contributed by atoms with Crippen LogP contribution in [0.5, 0.6) is 5.75 Å². The molecule has 1 aliphatic rings. The van der Waals surface area contributed by atoms with E-state index in [2.05, 4.69) is 5.32 Å². The molecule has 0 bridgehead atoms. The van der Waals surface area contributed by atoms with Gasteiger partial charge in [-0.1, -0.05) is 12.1 Å². The SMILES string of the molecule is COc1cccc(CCNC(=O)N2CCC(C(=O)O)CC2)c1. The third-order valence-electron chi connectivity index (χ3n) is 3.96. The van der Waals surface area contributed by atoms with Gasteiger partial charge >= 0.3 is 12.0 Å². The van der Waals surface area contributed by atoms with E-state index in [-0.39, 0.29) is 11.9 Å². The van der Waals surface area contributed by atoms with E-state index in [4.69, 9.17) is 9.84 Å². The molecule has 0 radical (unpaired) electrons. The number of nitrogens with zero attached hydrogens (tertiary/aromatic N) is 1. The fraction of sp³-hybridized carbons (Fsp3) is 0.500. The Morgan fingerprint density at radius 3 is 2.73 bits per heavy atom. The molecule has 6 heteroatoms. The highest BCUT2D eigenvalue weighted by Crippen LogP contribution is 2.17. The molecule has 0 atom stereocenters. The normalized spacial score (nSPS) is 15.4. The first-order valence-corrected chi connectivity index (χ1v) is 7.48. The van der Waals surface area contributed by atoms with Crippen LogP contribution in [0.3, 0.4) is 0 Å². The number of hydrogen-bond acceptors (Lipinski definition) is 3. The van der Waals surface area contributed by atoms with Gasteiger partial charge in [0.2, 0.25) is 0 Å². The monoisotopic (exact) mass is 306 g/mol. The summed E-state index contributed by atoms with van der Waals surface area (Å²) >= 11 is 0. The topological polar surface area (TPSA) is 78.9 Å². The summed E-state index contributed by atoms with van der Waals surface area (Å²) in [5, 5.41) is 11.8.